The number of halogens is 1. The first-order chi connectivity index (χ1) is 10.2. The van der Waals surface area contributed by atoms with Crippen LogP contribution in [0.25, 0.3) is 5.57 Å². The third kappa shape index (κ3) is 2.75. The van der Waals surface area contributed by atoms with E-state index >= 15 is 0 Å². The maximum Gasteiger partial charge on any atom is 0.410 e. The molecule has 2 aliphatic rings. The van der Waals surface area contributed by atoms with Crippen LogP contribution in [-0.4, -0.2) is 39.7 Å². The quantitative estimate of drug-likeness (QED) is 0.787. The van der Waals surface area contributed by atoms with Crippen molar-refractivity contribution in [3.8, 4) is 0 Å². The summed E-state index contributed by atoms with van der Waals surface area (Å²) in [7, 11) is 0. The third-order valence-corrected chi connectivity index (χ3v) is 4.35. The number of fused-ring (bicyclic) bond motifs is 2. The molecule has 0 spiro atoms. The van der Waals surface area contributed by atoms with E-state index in [2.05, 4.69) is 16.0 Å². The highest BCUT2D eigenvalue weighted by Crippen LogP contribution is 2.39. The lowest BCUT2D eigenvalue weighted by atomic mass is 9.96. The summed E-state index contributed by atoms with van der Waals surface area (Å²) in [6.45, 7) is 2.24. The highest BCUT2D eigenvalue weighted by molar-refractivity contribution is 6.28. The number of aromatic nitrogens is 2. The zero-order valence-corrected chi connectivity index (χ0v) is 12.7. The van der Waals surface area contributed by atoms with Crippen LogP contribution in [0.5, 0.6) is 0 Å². The van der Waals surface area contributed by atoms with Gasteiger partial charge in [-0.05, 0) is 49.8 Å². The number of nitrogens with zero attached hydrogens (tertiary/aromatic N) is 3. The molecule has 1 aromatic heterocycles. The van der Waals surface area contributed by atoms with Gasteiger partial charge in [-0.1, -0.05) is 6.08 Å². The van der Waals surface area contributed by atoms with Gasteiger partial charge in [-0.2, -0.15) is 0 Å². The van der Waals surface area contributed by atoms with Crippen molar-refractivity contribution in [2.45, 2.75) is 44.7 Å². The smallest absolute Gasteiger partial charge is 0.410 e. The summed E-state index contributed by atoms with van der Waals surface area (Å²) < 4.78 is 5.23. The maximum atomic E-state index is 12.3. The van der Waals surface area contributed by atoms with Gasteiger partial charge in [-0.3, -0.25) is 4.90 Å². The summed E-state index contributed by atoms with van der Waals surface area (Å²) in [6.07, 6.45) is 9.34. The number of hydrogen-bond donors (Lipinski definition) is 0. The second-order valence-electron chi connectivity index (χ2n) is 5.33. The van der Waals surface area contributed by atoms with Crippen molar-refractivity contribution < 1.29 is 9.53 Å². The molecule has 0 unspecified atom stereocenters. The van der Waals surface area contributed by atoms with Gasteiger partial charge < -0.3 is 4.74 Å². The van der Waals surface area contributed by atoms with Crippen LogP contribution in [0.3, 0.4) is 0 Å². The standard InChI is InChI=1S/C15H18ClN3O2/c1-2-21-15(20)19-11-4-3-5-12(13(19)7-6-11)10-8-17-14(16)18-9-10/h5,8-9,11,13H,2-4,6-7H2,1H3/t11-,13-/m1/s1. The molecule has 3 heterocycles. The van der Waals surface area contributed by atoms with Crippen LogP contribution < -0.4 is 0 Å². The molecule has 1 saturated heterocycles. The Morgan fingerprint density at radius 1 is 1.38 bits per heavy atom. The van der Waals surface area contributed by atoms with Gasteiger partial charge in [0.2, 0.25) is 5.28 Å². The van der Waals surface area contributed by atoms with E-state index < -0.39 is 0 Å². The van der Waals surface area contributed by atoms with E-state index in [1.807, 2.05) is 11.8 Å². The van der Waals surface area contributed by atoms with Crippen LogP contribution in [0.4, 0.5) is 4.79 Å². The SMILES string of the molecule is CCOC(=O)N1[C@@H]2CCC=C(c3cnc(Cl)nc3)[C@H]1CC2. The number of carbonyl (C=O) groups is 1. The summed E-state index contributed by atoms with van der Waals surface area (Å²) in [6, 6.07) is 0.331. The van der Waals surface area contributed by atoms with E-state index in [9.17, 15) is 4.79 Å². The molecule has 0 aliphatic carbocycles. The fourth-order valence-electron chi connectivity index (χ4n) is 3.28. The molecule has 1 amide bonds. The molecule has 2 atom stereocenters. The monoisotopic (exact) mass is 307 g/mol. The number of carbonyl (C=O) groups excluding carboxylic acids is 1. The largest absolute Gasteiger partial charge is 0.450 e. The Balaban J connectivity index is 1.92. The average Bonchev–Trinajstić information content (AvgIpc) is 2.77. The Hall–Kier alpha value is -1.62. The average molecular weight is 308 g/mol. The first kappa shape index (κ1) is 14.3. The van der Waals surface area contributed by atoms with E-state index in [1.54, 1.807) is 12.4 Å². The molecule has 6 heteroatoms. The second kappa shape index (κ2) is 6.02. The van der Waals surface area contributed by atoms with Gasteiger partial charge in [-0.25, -0.2) is 14.8 Å². The Morgan fingerprint density at radius 3 is 2.86 bits per heavy atom. The molecule has 21 heavy (non-hydrogen) atoms. The number of allylic oxidation sites excluding steroid dienone is 1. The normalized spacial score (nSPS) is 24.5. The van der Waals surface area contributed by atoms with Gasteiger partial charge in [-0.15, -0.1) is 0 Å². The van der Waals surface area contributed by atoms with Crippen molar-refractivity contribution >= 4 is 23.3 Å². The zero-order valence-electron chi connectivity index (χ0n) is 12.0. The van der Waals surface area contributed by atoms with Crippen LogP contribution in [0.15, 0.2) is 18.5 Å². The number of hydrogen-bond acceptors (Lipinski definition) is 4. The Labute approximate surface area is 129 Å². The van der Waals surface area contributed by atoms with E-state index in [0.29, 0.717) is 6.61 Å². The summed E-state index contributed by atoms with van der Waals surface area (Å²) >= 11 is 5.76. The van der Waals surface area contributed by atoms with Gasteiger partial charge in [0, 0.05) is 24.0 Å². The van der Waals surface area contributed by atoms with Crippen molar-refractivity contribution in [3.63, 3.8) is 0 Å². The Kier molecular flexibility index (Phi) is 4.10. The Bertz CT molecular complexity index is 559. The Morgan fingerprint density at radius 2 is 2.14 bits per heavy atom. The van der Waals surface area contributed by atoms with E-state index in [0.717, 1.165) is 36.8 Å². The lowest BCUT2D eigenvalue weighted by Crippen LogP contribution is -2.41. The third-order valence-electron chi connectivity index (χ3n) is 4.16. The summed E-state index contributed by atoms with van der Waals surface area (Å²) in [5, 5.41) is 0.236. The van der Waals surface area contributed by atoms with Crippen LogP contribution >= 0.6 is 11.6 Å². The molecular weight excluding hydrogens is 290 g/mol. The van der Waals surface area contributed by atoms with Crippen molar-refractivity contribution in [2.24, 2.45) is 0 Å². The summed E-state index contributed by atoms with van der Waals surface area (Å²) in [5.74, 6) is 0. The fourth-order valence-corrected chi connectivity index (χ4v) is 3.38. The molecule has 2 aliphatic heterocycles. The minimum atomic E-state index is -0.215. The fraction of sp³-hybridized carbons (Fsp3) is 0.533. The van der Waals surface area contributed by atoms with E-state index in [4.69, 9.17) is 16.3 Å². The van der Waals surface area contributed by atoms with Crippen LogP contribution in [-0.2, 0) is 4.74 Å². The predicted octanol–water partition coefficient (Wildman–Crippen LogP) is 3.30. The first-order valence-corrected chi connectivity index (χ1v) is 7.71. The highest BCUT2D eigenvalue weighted by atomic mass is 35.5. The van der Waals surface area contributed by atoms with Crippen LogP contribution in [0.2, 0.25) is 5.28 Å². The van der Waals surface area contributed by atoms with Gasteiger partial charge >= 0.3 is 6.09 Å². The number of rotatable bonds is 2. The first-order valence-electron chi connectivity index (χ1n) is 7.33. The molecule has 0 aromatic carbocycles. The highest BCUT2D eigenvalue weighted by Gasteiger charge is 2.41. The summed E-state index contributed by atoms with van der Waals surface area (Å²) in [5.41, 5.74) is 2.04. The van der Waals surface area contributed by atoms with Gasteiger partial charge in [0.05, 0.1) is 12.6 Å². The maximum absolute atomic E-state index is 12.3. The molecule has 2 bridgehead atoms. The molecule has 0 saturated carbocycles. The summed E-state index contributed by atoms with van der Waals surface area (Å²) in [4.78, 5) is 22.3. The molecule has 112 valence electrons. The van der Waals surface area contributed by atoms with Crippen molar-refractivity contribution in [3.05, 3.63) is 29.3 Å². The van der Waals surface area contributed by atoms with Gasteiger partial charge in [0.15, 0.2) is 0 Å². The lowest BCUT2D eigenvalue weighted by Gasteiger charge is -2.29. The molecule has 5 nitrogen and oxygen atoms in total. The lowest BCUT2D eigenvalue weighted by molar-refractivity contribution is 0.0951. The minimum Gasteiger partial charge on any atom is -0.450 e. The number of ether oxygens (including phenoxy) is 1. The molecule has 1 aromatic rings. The minimum absolute atomic E-state index is 0.0568. The predicted molar refractivity (Wildman–Crippen MR) is 79.9 cm³/mol. The molecule has 1 fully saturated rings. The zero-order chi connectivity index (χ0) is 14.8. The van der Waals surface area contributed by atoms with Crippen molar-refractivity contribution in [1.29, 1.82) is 0 Å². The topological polar surface area (TPSA) is 55.3 Å². The van der Waals surface area contributed by atoms with Gasteiger partial charge in [0.1, 0.15) is 0 Å². The van der Waals surface area contributed by atoms with Crippen molar-refractivity contribution in [1.82, 2.24) is 14.9 Å². The van der Waals surface area contributed by atoms with E-state index in [1.165, 1.54) is 0 Å². The van der Waals surface area contributed by atoms with Crippen molar-refractivity contribution in [2.75, 3.05) is 6.61 Å². The molecule has 3 rings (SSSR count). The number of amides is 1. The van der Waals surface area contributed by atoms with Crippen LogP contribution in [0.1, 0.15) is 38.2 Å². The molecule has 0 N–H and O–H groups in total. The second-order valence-corrected chi connectivity index (χ2v) is 5.67. The molecule has 0 radical (unpaired) electrons. The van der Waals surface area contributed by atoms with Gasteiger partial charge in [0.25, 0.3) is 0 Å². The molecular formula is C15H18ClN3O2. The van der Waals surface area contributed by atoms with Crippen LogP contribution in [0, 0.1) is 0 Å². The van der Waals surface area contributed by atoms with E-state index in [-0.39, 0.29) is 23.5 Å².